The summed E-state index contributed by atoms with van der Waals surface area (Å²) in [6, 6.07) is 7.84. The van der Waals surface area contributed by atoms with Crippen LogP contribution in [0.2, 0.25) is 0 Å². The molecule has 2 amide bonds. The van der Waals surface area contributed by atoms with Crippen LogP contribution in [0.15, 0.2) is 24.3 Å². The van der Waals surface area contributed by atoms with E-state index in [2.05, 4.69) is 10.6 Å². The van der Waals surface area contributed by atoms with E-state index in [0.29, 0.717) is 19.6 Å². The highest BCUT2D eigenvalue weighted by atomic mass is 35.5. The van der Waals surface area contributed by atoms with Gasteiger partial charge in [0, 0.05) is 32.1 Å². The number of halogens is 1. The maximum absolute atomic E-state index is 12.2. The van der Waals surface area contributed by atoms with Gasteiger partial charge in [-0.25, -0.2) is 0 Å². The molecule has 1 aromatic carbocycles. The van der Waals surface area contributed by atoms with Gasteiger partial charge in [0.15, 0.2) is 0 Å². The lowest BCUT2D eigenvalue weighted by molar-refractivity contribution is -0.129. The fourth-order valence-electron chi connectivity index (χ4n) is 2.55. The zero-order chi connectivity index (χ0) is 16.8. The second-order valence-electron chi connectivity index (χ2n) is 5.96. The molecule has 134 valence electrons. The van der Waals surface area contributed by atoms with Crippen molar-refractivity contribution in [1.82, 2.24) is 15.5 Å². The summed E-state index contributed by atoms with van der Waals surface area (Å²) in [5.41, 5.74) is 1.03. The van der Waals surface area contributed by atoms with Crippen molar-refractivity contribution in [3.05, 3.63) is 29.8 Å². The molecule has 2 unspecified atom stereocenters. The van der Waals surface area contributed by atoms with Crippen LogP contribution in [0.4, 0.5) is 0 Å². The lowest BCUT2D eigenvalue weighted by Crippen LogP contribution is -2.40. The number of methoxy groups -OCH3 is 1. The molecule has 0 spiro atoms. The van der Waals surface area contributed by atoms with Crippen LogP contribution in [0.25, 0.3) is 0 Å². The van der Waals surface area contributed by atoms with Crippen LogP contribution in [-0.2, 0) is 16.1 Å². The molecule has 6 nitrogen and oxygen atoms in total. The minimum absolute atomic E-state index is 0. The maximum atomic E-state index is 12.2. The molecular weight excluding hydrogens is 330 g/mol. The molecule has 1 aliphatic heterocycles. The zero-order valence-corrected chi connectivity index (χ0v) is 15.2. The number of likely N-dealkylation sites (N-methyl/N-ethyl adjacent to an activating group) is 1. The zero-order valence-electron chi connectivity index (χ0n) is 14.4. The average molecular weight is 356 g/mol. The standard InChI is InChI=1S/C17H25N3O3.ClH/c1-12(18-2)9-19-17(22)14-8-16(21)20(11-14)10-13-4-6-15(23-3)7-5-13;/h4-7,12,14,18H,8-11H2,1-3H3,(H,19,22);1H. The summed E-state index contributed by atoms with van der Waals surface area (Å²) in [6.45, 7) is 3.57. The van der Waals surface area contributed by atoms with Crippen LogP contribution in [0.1, 0.15) is 18.9 Å². The van der Waals surface area contributed by atoms with Crippen LogP contribution >= 0.6 is 12.4 Å². The molecule has 0 bridgehead atoms. The molecule has 1 heterocycles. The van der Waals surface area contributed by atoms with E-state index < -0.39 is 0 Å². The summed E-state index contributed by atoms with van der Waals surface area (Å²) < 4.78 is 5.13. The average Bonchev–Trinajstić information content (AvgIpc) is 2.93. The Labute approximate surface area is 149 Å². The van der Waals surface area contributed by atoms with Crippen molar-refractivity contribution >= 4 is 24.2 Å². The van der Waals surface area contributed by atoms with Gasteiger partial charge in [0.25, 0.3) is 0 Å². The molecule has 1 aliphatic rings. The predicted octanol–water partition coefficient (Wildman–Crippen LogP) is 1.19. The van der Waals surface area contributed by atoms with Gasteiger partial charge in [-0.15, -0.1) is 12.4 Å². The number of nitrogens with one attached hydrogen (secondary N) is 2. The van der Waals surface area contributed by atoms with Gasteiger partial charge in [0.05, 0.1) is 13.0 Å². The second-order valence-corrected chi connectivity index (χ2v) is 5.96. The van der Waals surface area contributed by atoms with Crippen LogP contribution < -0.4 is 15.4 Å². The number of carbonyl (C=O) groups excluding carboxylic acids is 2. The van der Waals surface area contributed by atoms with Crippen LogP contribution in [0, 0.1) is 5.92 Å². The van der Waals surface area contributed by atoms with Crippen LogP contribution in [0.3, 0.4) is 0 Å². The SMILES string of the molecule is CNC(C)CNC(=O)C1CC(=O)N(Cc2ccc(OC)cc2)C1.Cl. The number of benzene rings is 1. The number of rotatable bonds is 7. The van der Waals surface area contributed by atoms with E-state index in [9.17, 15) is 9.59 Å². The van der Waals surface area contributed by atoms with Gasteiger partial charge in [0.1, 0.15) is 5.75 Å². The minimum Gasteiger partial charge on any atom is -0.497 e. The van der Waals surface area contributed by atoms with Crippen molar-refractivity contribution in [3.63, 3.8) is 0 Å². The van der Waals surface area contributed by atoms with Gasteiger partial charge in [-0.3, -0.25) is 9.59 Å². The third kappa shape index (κ3) is 5.39. The van der Waals surface area contributed by atoms with E-state index >= 15 is 0 Å². The van der Waals surface area contributed by atoms with Crippen molar-refractivity contribution in [2.75, 3.05) is 27.2 Å². The normalized spacial score (nSPS) is 18.0. The summed E-state index contributed by atoms with van der Waals surface area (Å²) in [7, 11) is 3.48. The summed E-state index contributed by atoms with van der Waals surface area (Å²) in [4.78, 5) is 26.0. The third-order valence-electron chi connectivity index (χ3n) is 4.19. The molecule has 2 rings (SSSR count). The predicted molar refractivity (Wildman–Crippen MR) is 95.3 cm³/mol. The first-order valence-corrected chi connectivity index (χ1v) is 7.89. The summed E-state index contributed by atoms with van der Waals surface area (Å²) in [5.74, 6) is 0.516. The van der Waals surface area contributed by atoms with Crippen molar-refractivity contribution in [2.45, 2.75) is 25.9 Å². The largest absolute Gasteiger partial charge is 0.497 e. The number of hydrogen-bond donors (Lipinski definition) is 2. The second kappa shape index (κ2) is 9.49. The number of likely N-dealkylation sites (tertiary alicyclic amines) is 1. The Kier molecular flexibility index (Phi) is 8.01. The van der Waals surface area contributed by atoms with Gasteiger partial charge in [-0.05, 0) is 31.7 Å². The fraction of sp³-hybridized carbons (Fsp3) is 0.529. The number of carbonyl (C=O) groups is 2. The molecule has 2 N–H and O–H groups in total. The number of amides is 2. The molecule has 24 heavy (non-hydrogen) atoms. The van der Waals surface area contributed by atoms with Gasteiger partial charge >= 0.3 is 0 Å². The summed E-state index contributed by atoms with van der Waals surface area (Å²) >= 11 is 0. The molecule has 2 atom stereocenters. The molecule has 1 fully saturated rings. The van der Waals surface area contributed by atoms with E-state index in [0.717, 1.165) is 11.3 Å². The molecule has 0 aliphatic carbocycles. The molecule has 0 saturated carbocycles. The quantitative estimate of drug-likeness (QED) is 0.770. The number of nitrogens with zero attached hydrogens (tertiary/aromatic N) is 1. The van der Waals surface area contributed by atoms with E-state index in [1.165, 1.54) is 0 Å². The first-order chi connectivity index (χ1) is 11.0. The topological polar surface area (TPSA) is 70.7 Å². The lowest BCUT2D eigenvalue weighted by Gasteiger charge is -2.17. The van der Waals surface area contributed by atoms with Crippen molar-refractivity contribution < 1.29 is 14.3 Å². The minimum atomic E-state index is -0.259. The molecule has 1 saturated heterocycles. The highest BCUT2D eigenvalue weighted by molar-refractivity contribution is 5.89. The monoisotopic (exact) mass is 355 g/mol. The van der Waals surface area contributed by atoms with Gasteiger partial charge < -0.3 is 20.3 Å². The summed E-state index contributed by atoms with van der Waals surface area (Å²) in [6.07, 6.45) is 0.288. The van der Waals surface area contributed by atoms with E-state index in [-0.39, 0.29) is 42.6 Å². The van der Waals surface area contributed by atoms with Gasteiger partial charge in [-0.2, -0.15) is 0 Å². The highest BCUT2D eigenvalue weighted by Gasteiger charge is 2.34. The maximum Gasteiger partial charge on any atom is 0.225 e. The molecular formula is C17H26ClN3O3. The Hall–Kier alpha value is -1.79. The fourth-order valence-corrected chi connectivity index (χ4v) is 2.55. The first-order valence-electron chi connectivity index (χ1n) is 7.89. The summed E-state index contributed by atoms with van der Waals surface area (Å²) in [5, 5.41) is 5.97. The Morgan fingerprint density at radius 2 is 2.04 bits per heavy atom. The van der Waals surface area contributed by atoms with Crippen molar-refractivity contribution in [1.29, 1.82) is 0 Å². The van der Waals surface area contributed by atoms with Gasteiger partial charge in [-0.1, -0.05) is 12.1 Å². The van der Waals surface area contributed by atoms with Crippen molar-refractivity contribution in [3.8, 4) is 5.75 Å². The lowest BCUT2D eigenvalue weighted by atomic mass is 10.1. The third-order valence-corrected chi connectivity index (χ3v) is 4.19. The molecule has 0 aromatic heterocycles. The number of ether oxygens (including phenoxy) is 1. The number of hydrogen-bond acceptors (Lipinski definition) is 4. The Morgan fingerprint density at radius 1 is 1.38 bits per heavy atom. The van der Waals surface area contributed by atoms with Crippen molar-refractivity contribution in [2.24, 2.45) is 5.92 Å². The van der Waals surface area contributed by atoms with Crippen LogP contribution in [-0.4, -0.2) is 50.0 Å². The van der Waals surface area contributed by atoms with E-state index in [1.807, 2.05) is 38.2 Å². The highest BCUT2D eigenvalue weighted by Crippen LogP contribution is 2.21. The molecule has 1 aromatic rings. The van der Waals surface area contributed by atoms with E-state index in [4.69, 9.17) is 4.74 Å². The Balaban J connectivity index is 0.00000288. The van der Waals surface area contributed by atoms with E-state index in [1.54, 1.807) is 12.0 Å². The van der Waals surface area contributed by atoms with Crippen LogP contribution in [0.5, 0.6) is 5.75 Å². The Morgan fingerprint density at radius 3 is 2.62 bits per heavy atom. The first kappa shape index (κ1) is 20.3. The molecule has 7 heteroatoms. The Bertz CT molecular complexity index is 551. The smallest absolute Gasteiger partial charge is 0.225 e. The molecule has 0 radical (unpaired) electrons. The van der Waals surface area contributed by atoms with Gasteiger partial charge in [0.2, 0.25) is 11.8 Å².